The van der Waals surface area contributed by atoms with Crippen molar-refractivity contribution in [2.24, 2.45) is 0 Å². The largest absolute Gasteiger partial charge is 0.371 e. The number of nitrogens with one attached hydrogen (secondary N) is 1. The number of anilines is 1. The Morgan fingerprint density at radius 1 is 1.00 bits per heavy atom. The van der Waals surface area contributed by atoms with Crippen LogP contribution in [-0.2, 0) is 14.8 Å². The van der Waals surface area contributed by atoms with Gasteiger partial charge in [-0.1, -0.05) is 23.7 Å². The molecular formula is C25H28ClN5O3S. The average Bonchev–Trinajstić information content (AvgIpc) is 2.86. The standard InChI is InChI=1S/C25H28ClN5O3S/c1-18-16-30(35(33,34)24-5-3-19-14-21(26)4-2-20(19)15-24)17-25(32)31(18)28-22-8-12-29(13-9-22)23-6-10-27-11-7-23/h2-7,10-11,14-15,18,22,28H,8-9,12-13,16-17H2,1H3. The molecule has 0 saturated carbocycles. The number of amides is 1. The summed E-state index contributed by atoms with van der Waals surface area (Å²) in [5.41, 5.74) is 4.53. The van der Waals surface area contributed by atoms with Crippen molar-refractivity contribution in [3.63, 3.8) is 0 Å². The first kappa shape index (κ1) is 24.0. The highest BCUT2D eigenvalue weighted by atomic mass is 35.5. The van der Waals surface area contributed by atoms with E-state index in [0.29, 0.717) is 5.02 Å². The number of piperazine rings is 1. The molecule has 1 unspecified atom stereocenters. The molecule has 35 heavy (non-hydrogen) atoms. The van der Waals surface area contributed by atoms with Crippen molar-refractivity contribution in [2.75, 3.05) is 31.1 Å². The van der Waals surface area contributed by atoms with E-state index < -0.39 is 10.0 Å². The van der Waals surface area contributed by atoms with E-state index in [-0.39, 0.29) is 36.0 Å². The van der Waals surface area contributed by atoms with E-state index in [4.69, 9.17) is 11.6 Å². The Morgan fingerprint density at radius 2 is 1.69 bits per heavy atom. The van der Waals surface area contributed by atoms with Gasteiger partial charge in [-0.2, -0.15) is 4.31 Å². The van der Waals surface area contributed by atoms with Crippen LogP contribution in [0.1, 0.15) is 19.8 Å². The maximum absolute atomic E-state index is 13.4. The number of benzene rings is 2. The molecule has 1 aromatic heterocycles. The fourth-order valence-electron chi connectivity index (χ4n) is 4.82. The van der Waals surface area contributed by atoms with Crippen LogP contribution >= 0.6 is 11.6 Å². The summed E-state index contributed by atoms with van der Waals surface area (Å²) in [5.74, 6) is -0.239. The average molecular weight is 514 g/mol. The monoisotopic (exact) mass is 513 g/mol. The van der Waals surface area contributed by atoms with Crippen LogP contribution in [0.3, 0.4) is 0 Å². The lowest BCUT2D eigenvalue weighted by atomic mass is 10.0. The van der Waals surface area contributed by atoms with Gasteiger partial charge < -0.3 is 4.90 Å². The number of carbonyl (C=O) groups is 1. The van der Waals surface area contributed by atoms with Gasteiger partial charge in [0.1, 0.15) is 0 Å². The molecule has 1 atom stereocenters. The third-order valence-corrected chi connectivity index (χ3v) is 8.79. The van der Waals surface area contributed by atoms with Crippen LogP contribution in [0.5, 0.6) is 0 Å². The summed E-state index contributed by atoms with van der Waals surface area (Å²) < 4.78 is 28.0. The molecule has 2 aliphatic heterocycles. The Labute approximate surface area is 210 Å². The predicted octanol–water partition coefficient (Wildman–Crippen LogP) is 3.28. The second kappa shape index (κ2) is 9.73. The molecule has 10 heteroatoms. The lowest BCUT2D eigenvalue weighted by Gasteiger charge is -2.42. The molecule has 2 aliphatic rings. The Bertz CT molecular complexity index is 1330. The van der Waals surface area contributed by atoms with Crippen molar-refractivity contribution in [3.05, 3.63) is 65.9 Å². The van der Waals surface area contributed by atoms with Crippen molar-refractivity contribution in [3.8, 4) is 0 Å². The predicted molar refractivity (Wildman–Crippen MR) is 137 cm³/mol. The minimum atomic E-state index is -3.81. The van der Waals surface area contributed by atoms with E-state index in [1.54, 1.807) is 53.8 Å². The third-order valence-electron chi connectivity index (χ3n) is 6.74. The first-order chi connectivity index (χ1) is 16.8. The zero-order valence-corrected chi connectivity index (χ0v) is 21.0. The lowest BCUT2D eigenvalue weighted by molar-refractivity contribution is -0.142. The van der Waals surface area contributed by atoms with Gasteiger partial charge in [0.2, 0.25) is 10.0 Å². The summed E-state index contributed by atoms with van der Waals surface area (Å²) in [6, 6.07) is 14.2. The number of carbonyl (C=O) groups excluding carboxylic acids is 1. The van der Waals surface area contributed by atoms with Crippen LogP contribution in [-0.4, -0.2) is 66.9 Å². The summed E-state index contributed by atoms with van der Waals surface area (Å²) in [6.45, 7) is 3.68. The smallest absolute Gasteiger partial charge is 0.252 e. The van der Waals surface area contributed by atoms with Crippen LogP contribution in [0.15, 0.2) is 65.8 Å². The fourth-order valence-corrected chi connectivity index (χ4v) is 6.51. The van der Waals surface area contributed by atoms with Gasteiger partial charge in [-0.15, -0.1) is 0 Å². The molecule has 0 radical (unpaired) electrons. The van der Waals surface area contributed by atoms with Crippen molar-refractivity contribution in [1.29, 1.82) is 0 Å². The minimum Gasteiger partial charge on any atom is -0.371 e. The molecular weight excluding hydrogens is 486 g/mol. The van der Waals surface area contributed by atoms with Crippen LogP contribution in [0.25, 0.3) is 10.8 Å². The summed E-state index contributed by atoms with van der Waals surface area (Å²) in [5, 5.41) is 3.87. The highest BCUT2D eigenvalue weighted by Gasteiger charge is 2.38. The van der Waals surface area contributed by atoms with E-state index >= 15 is 0 Å². The molecule has 1 N–H and O–H groups in total. The number of hydrogen-bond donors (Lipinski definition) is 1. The number of aromatic nitrogens is 1. The van der Waals surface area contributed by atoms with Crippen molar-refractivity contribution < 1.29 is 13.2 Å². The molecule has 0 spiro atoms. The van der Waals surface area contributed by atoms with Gasteiger partial charge in [-0.05, 0) is 66.9 Å². The summed E-state index contributed by atoms with van der Waals surface area (Å²) in [7, 11) is -3.81. The van der Waals surface area contributed by atoms with Gasteiger partial charge in [-0.3, -0.25) is 14.8 Å². The molecule has 8 nitrogen and oxygen atoms in total. The SMILES string of the molecule is CC1CN(S(=O)(=O)c2ccc3cc(Cl)ccc3c2)CC(=O)N1NC1CCN(c2ccncc2)CC1. The Kier molecular flexibility index (Phi) is 6.67. The number of hydrazine groups is 1. The topological polar surface area (TPSA) is 85.8 Å². The summed E-state index contributed by atoms with van der Waals surface area (Å²) in [4.78, 5) is 19.6. The Balaban J connectivity index is 1.23. The number of nitrogens with zero attached hydrogens (tertiary/aromatic N) is 4. The summed E-state index contributed by atoms with van der Waals surface area (Å²) in [6.07, 6.45) is 5.37. The minimum absolute atomic E-state index is 0.162. The molecule has 2 saturated heterocycles. The van der Waals surface area contributed by atoms with Gasteiger partial charge in [0.25, 0.3) is 5.91 Å². The first-order valence-electron chi connectivity index (χ1n) is 11.7. The van der Waals surface area contributed by atoms with Crippen LogP contribution in [0, 0.1) is 0 Å². The fraction of sp³-hybridized carbons (Fsp3) is 0.360. The molecule has 184 valence electrons. The number of halogens is 1. The van der Waals surface area contributed by atoms with E-state index in [2.05, 4.69) is 15.3 Å². The highest BCUT2D eigenvalue weighted by molar-refractivity contribution is 7.89. The zero-order valence-electron chi connectivity index (χ0n) is 19.5. The number of piperidine rings is 1. The quantitative estimate of drug-likeness (QED) is 0.563. The second-order valence-electron chi connectivity index (χ2n) is 9.16. The molecule has 1 amide bonds. The number of sulfonamides is 1. The van der Waals surface area contributed by atoms with Gasteiger partial charge in [0.15, 0.2) is 0 Å². The van der Waals surface area contributed by atoms with Gasteiger partial charge >= 0.3 is 0 Å². The second-order valence-corrected chi connectivity index (χ2v) is 11.5. The number of fused-ring (bicyclic) bond motifs is 1. The number of rotatable bonds is 5. The zero-order chi connectivity index (χ0) is 24.6. The summed E-state index contributed by atoms with van der Waals surface area (Å²) >= 11 is 6.04. The van der Waals surface area contributed by atoms with Crippen LogP contribution in [0.4, 0.5) is 5.69 Å². The number of hydrogen-bond acceptors (Lipinski definition) is 6. The lowest BCUT2D eigenvalue weighted by Crippen LogP contribution is -2.63. The van der Waals surface area contributed by atoms with E-state index in [1.807, 2.05) is 19.1 Å². The molecule has 0 aliphatic carbocycles. The van der Waals surface area contributed by atoms with Gasteiger partial charge in [0, 0.05) is 48.8 Å². The number of pyridine rings is 1. The van der Waals surface area contributed by atoms with Crippen molar-refractivity contribution in [1.82, 2.24) is 19.7 Å². The maximum Gasteiger partial charge on any atom is 0.252 e. The maximum atomic E-state index is 13.4. The van der Waals surface area contributed by atoms with E-state index in [1.165, 1.54) is 4.31 Å². The molecule has 5 rings (SSSR count). The highest BCUT2D eigenvalue weighted by Crippen LogP contribution is 2.26. The normalized spacial score (nSPS) is 20.5. The van der Waals surface area contributed by atoms with Crippen molar-refractivity contribution in [2.45, 2.75) is 36.7 Å². The molecule has 3 aromatic rings. The molecule has 0 bridgehead atoms. The molecule has 3 heterocycles. The van der Waals surface area contributed by atoms with Crippen LogP contribution in [0.2, 0.25) is 5.02 Å². The van der Waals surface area contributed by atoms with Gasteiger partial charge in [-0.25, -0.2) is 13.8 Å². The molecule has 2 fully saturated rings. The van der Waals surface area contributed by atoms with E-state index in [9.17, 15) is 13.2 Å². The van der Waals surface area contributed by atoms with E-state index in [0.717, 1.165) is 42.4 Å². The Morgan fingerprint density at radius 3 is 2.40 bits per heavy atom. The Hall–Kier alpha value is -2.72. The van der Waals surface area contributed by atoms with Crippen LogP contribution < -0.4 is 10.3 Å². The third kappa shape index (κ3) is 4.99. The van der Waals surface area contributed by atoms with Crippen molar-refractivity contribution >= 4 is 44.0 Å². The first-order valence-corrected chi connectivity index (χ1v) is 13.6. The van der Waals surface area contributed by atoms with Gasteiger partial charge in [0.05, 0.1) is 17.5 Å². The molecule has 2 aromatic carbocycles.